The second-order valence-electron chi connectivity index (χ2n) is 4.40. The predicted octanol–water partition coefficient (Wildman–Crippen LogP) is 1.52. The van der Waals surface area contributed by atoms with Gasteiger partial charge in [0.1, 0.15) is 0 Å². The highest BCUT2D eigenvalue weighted by Gasteiger charge is 2.29. The number of ether oxygens (including phenoxy) is 1. The number of aromatic carboxylic acids is 1. The molecule has 17 heavy (non-hydrogen) atoms. The first kappa shape index (κ1) is 13.2. The van der Waals surface area contributed by atoms with E-state index < -0.39 is 11.4 Å². The van der Waals surface area contributed by atoms with Gasteiger partial charge in [-0.25, -0.2) is 4.79 Å². The van der Waals surface area contributed by atoms with Crippen molar-refractivity contribution in [1.29, 1.82) is 0 Å². The summed E-state index contributed by atoms with van der Waals surface area (Å²) in [5.41, 5.74) is 0.113. The molecule has 92 valence electrons. The molecule has 1 aromatic rings. The predicted molar refractivity (Wildman–Crippen MR) is 60.7 cm³/mol. The van der Waals surface area contributed by atoms with E-state index in [0.717, 1.165) is 0 Å². The Morgan fingerprint density at radius 2 is 2.06 bits per heavy atom. The smallest absolute Gasteiger partial charge is 0.337 e. The van der Waals surface area contributed by atoms with Crippen LogP contribution in [0.2, 0.25) is 0 Å². The van der Waals surface area contributed by atoms with E-state index in [9.17, 15) is 9.59 Å². The Balaban J connectivity index is 2.82. The number of methoxy groups -OCH3 is 1. The molecule has 0 radical (unpaired) electrons. The Kier molecular flexibility index (Phi) is 3.83. The Morgan fingerprint density at radius 3 is 2.47 bits per heavy atom. The Bertz CT molecular complexity index is 423. The SMILES string of the molecule is COC(=O)C(C)(C)Cc1ccc(C(=O)O)cn1. The molecule has 0 spiro atoms. The normalized spacial score (nSPS) is 11.0. The molecule has 1 heterocycles. The number of esters is 1. The van der Waals surface area contributed by atoms with E-state index in [1.165, 1.54) is 19.4 Å². The number of pyridine rings is 1. The number of rotatable bonds is 4. The van der Waals surface area contributed by atoms with E-state index in [1.807, 2.05) is 0 Å². The van der Waals surface area contributed by atoms with Crippen molar-refractivity contribution in [2.75, 3.05) is 7.11 Å². The van der Waals surface area contributed by atoms with Gasteiger partial charge in [0, 0.05) is 18.3 Å². The molecule has 0 amide bonds. The summed E-state index contributed by atoms with van der Waals surface area (Å²) in [7, 11) is 1.34. The van der Waals surface area contributed by atoms with Crippen molar-refractivity contribution in [2.24, 2.45) is 5.41 Å². The standard InChI is InChI=1S/C12H15NO4/c1-12(2,11(16)17-3)6-9-5-4-8(7-13-9)10(14)15/h4-5,7H,6H2,1-3H3,(H,14,15). The maximum atomic E-state index is 11.5. The average Bonchev–Trinajstić information content (AvgIpc) is 2.28. The van der Waals surface area contributed by atoms with E-state index in [0.29, 0.717) is 12.1 Å². The van der Waals surface area contributed by atoms with Crippen molar-refractivity contribution < 1.29 is 19.4 Å². The van der Waals surface area contributed by atoms with Crippen molar-refractivity contribution >= 4 is 11.9 Å². The minimum atomic E-state index is -1.02. The molecule has 0 fully saturated rings. The summed E-state index contributed by atoms with van der Waals surface area (Å²) >= 11 is 0. The Labute approximate surface area is 99.4 Å². The lowest BCUT2D eigenvalue weighted by Gasteiger charge is -2.20. The van der Waals surface area contributed by atoms with Crippen LogP contribution >= 0.6 is 0 Å². The van der Waals surface area contributed by atoms with Crippen LogP contribution in [-0.4, -0.2) is 29.1 Å². The van der Waals surface area contributed by atoms with E-state index in [-0.39, 0.29) is 11.5 Å². The van der Waals surface area contributed by atoms with E-state index >= 15 is 0 Å². The second-order valence-corrected chi connectivity index (χ2v) is 4.40. The number of carboxylic acids is 1. The van der Waals surface area contributed by atoms with Crippen LogP contribution in [0, 0.1) is 5.41 Å². The molecule has 0 aliphatic carbocycles. The first-order valence-corrected chi connectivity index (χ1v) is 5.13. The van der Waals surface area contributed by atoms with E-state index in [4.69, 9.17) is 5.11 Å². The molecular weight excluding hydrogens is 222 g/mol. The zero-order valence-corrected chi connectivity index (χ0v) is 10.1. The summed E-state index contributed by atoms with van der Waals surface area (Å²) in [6.07, 6.45) is 1.69. The second kappa shape index (κ2) is 4.95. The van der Waals surface area contributed by atoms with Gasteiger partial charge in [0.2, 0.25) is 0 Å². The fraction of sp³-hybridized carbons (Fsp3) is 0.417. The summed E-state index contributed by atoms with van der Waals surface area (Å²) in [6.45, 7) is 3.51. The van der Waals surface area contributed by atoms with Gasteiger partial charge in [-0.15, -0.1) is 0 Å². The summed E-state index contributed by atoms with van der Waals surface area (Å²) in [6, 6.07) is 3.08. The average molecular weight is 237 g/mol. The highest BCUT2D eigenvalue weighted by molar-refractivity contribution is 5.87. The van der Waals surface area contributed by atoms with E-state index in [1.54, 1.807) is 19.9 Å². The van der Waals surface area contributed by atoms with Crippen LogP contribution in [0.1, 0.15) is 29.9 Å². The van der Waals surface area contributed by atoms with Crippen molar-refractivity contribution in [3.8, 4) is 0 Å². The lowest BCUT2D eigenvalue weighted by atomic mass is 9.87. The van der Waals surface area contributed by atoms with Gasteiger partial charge >= 0.3 is 11.9 Å². The van der Waals surface area contributed by atoms with E-state index in [2.05, 4.69) is 9.72 Å². The van der Waals surface area contributed by atoms with Gasteiger partial charge in [-0.3, -0.25) is 9.78 Å². The maximum absolute atomic E-state index is 11.5. The molecule has 0 atom stereocenters. The Hall–Kier alpha value is -1.91. The number of carbonyl (C=O) groups is 2. The number of hydrogen-bond acceptors (Lipinski definition) is 4. The summed E-state index contributed by atoms with van der Waals surface area (Å²) in [4.78, 5) is 26.1. The van der Waals surface area contributed by atoms with Crippen LogP contribution in [-0.2, 0) is 16.0 Å². The largest absolute Gasteiger partial charge is 0.478 e. The molecule has 0 aromatic carbocycles. The molecule has 5 heteroatoms. The molecular formula is C12H15NO4. The number of nitrogens with zero attached hydrogens (tertiary/aromatic N) is 1. The van der Waals surface area contributed by atoms with Gasteiger partial charge in [0.05, 0.1) is 18.1 Å². The summed E-state index contributed by atoms with van der Waals surface area (Å²) in [5, 5.41) is 8.72. The maximum Gasteiger partial charge on any atom is 0.337 e. The van der Waals surface area contributed by atoms with Crippen LogP contribution in [0.15, 0.2) is 18.3 Å². The monoisotopic (exact) mass is 237 g/mol. The van der Waals surface area contributed by atoms with Crippen LogP contribution < -0.4 is 0 Å². The molecule has 0 saturated carbocycles. The minimum absolute atomic E-state index is 0.129. The highest BCUT2D eigenvalue weighted by atomic mass is 16.5. The van der Waals surface area contributed by atoms with Crippen molar-refractivity contribution in [3.63, 3.8) is 0 Å². The molecule has 0 bridgehead atoms. The molecule has 1 aromatic heterocycles. The third-order valence-electron chi connectivity index (χ3n) is 2.43. The molecule has 0 unspecified atom stereocenters. The van der Waals surface area contributed by atoms with Gasteiger partial charge in [0.15, 0.2) is 0 Å². The fourth-order valence-electron chi connectivity index (χ4n) is 1.46. The quantitative estimate of drug-likeness (QED) is 0.803. The van der Waals surface area contributed by atoms with Gasteiger partial charge < -0.3 is 9.84 Å². The molecule has 0 aliphatic rings. The molecule has 0 aliphatic heterocycles. The van der Waals surface area contributed by atoms with Gasteiger partial charge in [-0.2, -0.15) is 0 Å². The summed E-state index contributed by atoms with van der Waals surface area (Å²) < 4.78 is 4.69. The lowest BCUT2D eigenvalue weighted by molar-refractivity contribution is -0.150. The number of carbonyl (C=O) groups excluding carboxylic acids is 1. The van der Waals surface area contributed by atoms with Crippen molar-refractivity contribution in [1.82, 2.24) is 4.98 Å². The molecule has 0 saturated heterocycles. The zero-order chi connectivity index (χ0) is 13.1. The van der Waals surface area contributed by atoms with Gasteiger partial charge in [-0.1, -0.05) is 0 Å². The summed E-state index contributed by atoms with van der Waals surface area (Å²) in [5.74, 6) is -1.34. The lowest BCUT2D eigenvalue weighted by Crippen LogP contribution is -2.28. The third-order valence-corrected chi connectivity index (χ3v) is 2.43. The van der Waals surface area contributed by atoms with Crippen LogP contribution in [0.4, 0.5) is 0 Å². The molecule has 1 rings (SSSR count). The van der Waals surface area contributed by atoms with Crippen molar-refractivity contribution in [3.05, 3.63) is 29.6 Å². The first-order chi connectivity index (χ1) is 7.86. The number of aromatic nitrogens is 1. The number of carboxylic acid groups (broad SMARTS) is 1. The number of hydrogen-bond donors (Lipinski definition) is 1. The van der Waals surface area contributed by atoms with Crippen LogP contribution in [0.5, 0.6) is 0 Å². The van der Waals surface area contributed by atoms with Crippen molar-refractivity contribution in [2.45, 2.75) is 20.3 Å². The van der Waals surface area contributed by atoms with Crippen LogP contribution in [0.25, 0.3) is 0 Å². The topological polar surface area (TPSA) is 76.5 Å². The Morgan fingerprint density at radius 1 is 1.41 bits per heavy atom. The van der Waals surface area contributed by atoms with Gasteiger partial charge in [-0.05, 0) is 26.0 Å². The van der Waals surface area contributed by atoms with Gasteiger partial charge in [0.25, 0.3) is 0 Å². The fourth-order valence-corrected chi connectivity index (χ4v) is 1.46. The third kappa shape index (κ3) is 3.27. The molecule has 5 nitrogen and oxygen atoms in total. The highest BCUT2D eigenvalue weighted by Crippen LogP contribution is 2.22. The zero-order valence-electron chi connectivity index (χ0n) is 10.1. The molecule has 1 N–H and O–H groups in total. The minimum Gasteiger partial charge on any atom is -0.478 e. The van der Waals surface area contributed by atoms with Crippen LogP contribution in [0.3, 0.4) is 0 Å². The first-order valence-electron chi connectivity index (χ1n) is 5.13.